The summed E-state index contributed by atoms with van der Waals surface area (Å²) in [5, 5.41) is 9.38. The molecule has 106 valence electrons. The fraction of sp³-hybridized carbons (Fsp3) is 0.600. The average molecular weight is 264 g/mol. The molecule has 3 N–H and O–H groups in total. The topological polar surface area (TPSA) is 58.7 Å². The van der Waals surface area contributed by atoms with Gasteiger partial charge in [-0.25, -0.2) is 0 Å². The summed E-state index contributed by atoms with van der Waals surface area (Å²) < 4.78 is 5.85. The number of nitrogens with zero attached hydrogens (tertiary/aromatic N) is 1. The van der Waals surface area contributed by atoms with Gasteiger partial charge < -0.3 is 20.5 Å². The van der Waals surface area contributed by atoms with Crippen molar-refractivity contribution in [3.8, 4) is 0 Å². The van der Waals surface area contributed by atoms with Crippen LogP contribution in [0.2, 0.25) is 0 Å². The number of hydrogen-bond acceptors (Lipinski definition) is 4. The van der Waals surface area contributed by atoms with Crippen LogP contribution in [0.4, 0.5) is 5.69 Å². The number of benzene rings is 1. The molecular formula is C15H24N2O2. The van der Waals surface area contributed by atoms with Crippen LogP contribution >= 0.6 is 0 Å². The average Bonchev–Trinajstić information content (AvgIpc) is 2.36. The fourth-order valence-electron chi connectivity index (χ4n) is 2.76. The van der Waals surface area contributed by atoms with Crippen LogP contribution in [-0.2, 0) is 11.3 Å². The zero-order valence-electron chi connectivity index (χ0n) is 12.0. The van der Waals surface area contributed by atoms with E-state index in [1.807, 2.05) is 0 Å². The first-order valence-corrected chi connectivity index (χ1v) is 6.78. The highest BCUT2D eigenvalue weighted by Gasteiger charge is 2.33. The molecule has 4 heteroatoms. The van der Waals surface area contributed by atoms with Crippen molar-refractivity contribution in [2.45, 2.75) is 39.0 Å². The lowest BCUT2D eigenvalue weighted by Crippen LogP contribution is -2.54. The number of anilines is 1. The predicted molar refractivity (Wildman–Crippen MR) is 77.3 cm³/mol. The van der Waals surface area contributed by atoms with Crippen LogP contribution in [0.1, 0.15) is 25.0 Å². The van der Waals surface area contributed by atoms with E-state index in [4.69, 9.17) is 10.5 Å². The molecule has 0 amide bonds. The first kappa shape index (κ1) is 14.3. The van der Waals surface area contributed by atoms with Gasteiger partial charge in [-0.1, -0.05) is 17.7 Å². The van der Waals surface area contributed by atoms with Crippen molar-refractivity contribution in [3.05, 3.63) is 29.3 Å². The van der Waals surface area contributed by atoms with Crippen molar-refractivity contribution in [2.24, 2.45) is 5.73 Å². The smallest absolute Gasteiger partial charge is 0.0988 e. The van der Waals surface area contributed by atoms with Crippen molar-refractivity contribution < 1.29 is 9.84 Å². The number of nitrogens with two attached hydrogens (primary N) is 1. The van der Waals surface area contributed by atoms with Crippen LogP contribution in [0, 0.1) is 6.92 Å². The first-order valence-electron chi connectivity index (χ1n) is 6.78. The highest BCUT2D eigenvalue weighted by atomic mass is 16.5. The van der Waals surface area contributed by atoms with Crippen LogP contribution < -0.4 is 10.6 Å². The van der Waals surface area contributed by atoms with E-state index in [-0.39, 0.29) is 18.3 Å². The molecule has 0 bridgehead atoms. The van der Waals surface area contributed by atoms with E-state index in [2.05, 4.69) is 43.9 Å². The van der Waals surface area contributed by atoms with E-state index in [0.29, 0.717) is 13.1 Å². The maximum atomic E-state index is 9.38. The number of hydrogen-bond donors (Lipinski definition) is 2. The molecule has 0 saturated carbocycles. The van der Waals surface area contributed by atoms with E-state index in [0.717, 1.165) is 17.8 Å². The summed E-state index contributed by atoms with van der Waals surface area (Å²) >= 11 is 0. The standard InChI is InChI=1S/C15H24N2O2/c1-11-4-5-14(12(6-11)7-16)17-8-13(9-18)19-15(2,3)10-17/h4-6,13,18H,7-10,16H2,1-3H3. The molecule has 0 aromatic heterocycles. The Balaban J connectivity index is 2.30. The number of aryl methyl sites for hydroxylation is 1. The molecule has 0 spiro atoms. The Hall–Kier alpha value is -1.10. The van der Waals surface area contributed by atoms with Gasteiger partial charge in [0.05, 0.1) is 18.3 Å². The van der Waals surface area contributed by atoms with Crippen molar-refractivity contribution in [1.29, 1.82) is 0 Å². The van der Waals surface area contributed by atoms with Gasteiger partial charge in [0.2, 0.25) is 0 Å². The van der Waals surface area contributed by atoms with Crippen LogP contribution in [0.3, 0.4) is 0 Å². The molecule has 1 aliphatic rings. The van der Waals surface area contributed by atoms with Crippen molar-refractivity contribution in [2.75, 3.05) is 24.6 Å². The van der Waals surface area contributed by atoms with E-state index >= 15 is 0 Å². The van der Waals surface area contributed by atoms with Crippen molar-refractivity contribution in [1.82, 2.24) is 0 Å². The number of aliphatic hydroxyl groups is 1. The Bertz CT molecular complexity index is 446. The molecule has 1 unspecified atom stereocenters. The summed E-state index contributed by atoms with van der Waals surface area (Å²) in [6.45, 7) is 8.26. The molecule has 4 nitrogen and oxygen atoms in total. The molecule has 1 aliphatic heterocycles. The van der Waals surface area contributed by atoms with Gasteiger partial charge in [0.25, 0.3) is 0 Å². The highest BCUT2D eigenvalue weighted by molar-refractivity contribution is 5.55. The first-order chi connectivity index (χ1) is 8.95. The number of rotatable bonds is 3. The highest BCUT2D eigenvalue weighted by Crippen LogP contribution is 2.29. The summed E-state index contributed by atoms with van der Waals surface area (Å²) in [7, 11) is 0. The Labute approximate surface area is 115 Å². The third kappa shape index (κ3) is 3.26. The van der Waals surface area contributed by atoms with Gasteiger partial charge in [-0.05, 0) is 32.4 Å². The van der Waals surface area contributed by atoms with E-state index in [1.165, 1.54) is 5.56 Å². The second-order valence-corrected chi connectivity index (χ2v) is 5.90. The van der Waals surface area contributed by atoms with Gasteiger partial charge in [-0.3, -0.25) is 0 Å². The maximum Gasteiger partial charge on any atom is 0.0988 e. The molecule has 19 heavy (non-hydrogen) atoms. The Kier molecular flexibility index (Phi) is 4.13. The molecule has 2 rings (SSSR count). The van der Waals surface area contributed by atoms with Gasteiger partial charge in [-0.15, -0.1) is 0 Å². The summed E-state index contributed by atoms with van der Waals surface area (Å²) in [6, 6.07) is 6.35. The minimum Gasteiger partial charge on any atom is -0.394 e. The SMILES string of the molecule is Cc1ccc(N2CC(CO)OC(C)(C)C2)c(CN)c1. The number of aliphatic hydroxyl groups excluding tert-OH is 1. The molecule has 1 heterocycles. The van der Waals surface area contributed by atoms with Crippen LogP contribution in [-0.4, -0.2) is 36.5 Å². The lowest BCUT2D eigenvalue weighted by Gasteiger charge is -2.44. The van der Waals surface area contributed by atoms with Gasteiger partial charge in [0, 0.05) is 25.3 Å². The minimum absolute atomic E-state index is 0.0454. The summed E-state index contributed by atoms with van der Waals surface area (Å²) in [4.78, 5) is 2.27. The number of ether oxygens (including phenoxy) is 1. The summed E-state index contributed by atoms with van der Waals surface area (Å²) in [6.07, 6.45) is -0.143. The van der Waals surface area contributed by atoms with Gasteiger partial charge >= 0.3 is 0 Å². The Morgan fingerprint density at radius 3 is 2.84 bits per heavy atom. The molecule has 0 aliphatic carbocycles. The largest absolute Gasteiger partial charge is 0.394 e. The van der Waals surface area contributed by atoms with Crippen molar-refractivity contribution in [3.63, 3.8) is 0 Å². The zero-order chi connectivity index (χ0) is 14.0. The maximum absolute atomic E-state index is 9.38. The Morgan fingerprint density at radius 2 is 2.21 bits per heavy atom. The molecule has 1 aromatic rings. The fourth-order valence-corrected chi connectivity index (χ4v) is 2.76. The quantitative estimate of drug-likeness (QED) is 0.867. The van der Waals surface area contributed by atoms with Gasteiger partial charge in [0.15, 0.2) is 0 Å². The second-order valence-electron chi connectivity index (χ2n) is 5.90. The molecule has 1 saturated heterocycles. The second kappa shape index (κ2) is 5.49. The van der Waals surface area contributed by atoms with Crippen LogP contribution in [0.5, 0.6) is 0 Å². The van der Waals surface area contributed by atoms with Crippen molar-refractivity contribution >= 4 is 5.69 Å². The third-order valence-corrected chi connectivity index (χ3v) is 3.48. The minimum atomic E-state index is -0.262. The molecule has 1 fully saturated rings. The zero-order valence-corrected chi connectivity index (χ0v) is 12.0. The summed E-state index contributed by atoms with van der Waals surface area (Å²) in [5.41, 5.74) is 9.11. The third-order valence-electron chi connectivity index (χ3n) is 3.48. The predicted octanol–water partition coefficient (Wildman–Crippen LogP) is 1.43. The number of morpholine rings is 1. The molecule has 0 radical (unpaired) electrons. The summed E-state index contributed by atoms with van der Waals surface area (Å²) in [5.74, 6) is 0. The monoisotopic (exact) mass is 264 g/mol. The Morgan fingerprint density at radius 1 is 1.47 bits per heavy atom. The normalized spacial score (nSPS) is 22.6. The van der Waals surface area contributed by atoms with E-state index < -0.39 is 0 Å². The van der Waals surface area contributed by atoms with E-state index in [9.17, 15) is 5.11 Å². The van der Waals surface area contributed by atoms with Gasteiger partial charge in [0.1, 0.15) is 0 Å². The molecule has 1 atom stereocenters. The lowest BCUT2D eigenvalue weighted by atomic mass is 10.0. The van der Waals surface area contributed by atoms with Crippen LogP contribution in [0.25, 0.3) is 0 Å². The van der Waals surface area contributed by atoms with Gasteiger partial charge in [-0.2, -0.15) is 0 Å². The van der Waals surface area contributed by atoms with E-state index in [1.54, 1.807) is 0 Å². The lowest BCUT2D eigenvalue weighted by molar-refractivity contribution is -0.101. The van der Waals surface area contributed by atoms with Crippen LogP contribution in [0.15, 0.2) is 18.2 Å². The molecule has 1 aromatic carbocycles. The molecular weight excluding hydrogens is 240 g/mol.